The molecule has 0 aliphatic rings. The van der Waals surface area contributed by atoms with Crippen LogP contribution >= 0.6 is 0 Å². The minimum absolute atomic E-state index is 0.100. The highest BCUT2D eigenvalue weighted by Crippen LogP contribution is 2.25. The van der Waals surface area contributed by atoms with Gasteiger partial charge in [0, 0.05) is 0 Å². The maximum absolute atomic E-state index is 13.7. The SMILES string of the molecule is O=c1[nH]c(C=Cc2ccc(-c3ccccc3F)o2)nc(O)c1[N+](=O)[O-]. The van der Waals surface area contributed by atoms with Gasteiger partial charge in [-0.2, -0.15) is 4.98 Å². The van der Waals surface area contributed by atoms with Crippen LogP contribution in [0.15, 0.2) is 45.6 Å². The van der Waals surface area contributed by atoms with E-state index in [0.717, 1.165) is 0 Å². The lowest BCUT2D eigenvalue weighted by atomic mass is 10.1. The number of H-pyrrole nitrogens is 1. The summed E-state index contributed by atoms with van der Waals surface area (Å²) in [5.41, 5.74) is -1.82. The van der Waals surface area contributed by atoms with Crippen molar-refractivity contribution in [3.63, 3.8) is 0 Å². The van der Waals surface area contributed by atoms with E-state index in [0.29, 0.717) is 17.1 Å². The molecule has 0 atom stereocenters. The first-order valence-corrected chi connectivity index (χ1v) is 6.96. The van der Waals surface area contributed by atoms with Gasteiger partial charge in [0.05, 0.1) is 10.5 Å². The van der Waals surface area contributed by atoms with Crippen molar-refractivity contribution >= 4 is 17.8 Å². The van der Waals surface area contributed by atoms with Crippen molar-refractivity contribution in [3.05, 3.63) is 74.3 Å². The molecule has 3 aromatic rings. The molecule has 0 aliphatic carbocycles. The third kappa shape index (κ3) is 3.29. The van der Waals surface area contributed by atoms with E-state index < -0.39 is 27.9 Å². The first kappa shape index (κ1) is 16.1. The van der Waals surface area contributed by atoms with Crippen LogP contribution in [0.2, 0.25) is 0 Å². The smallest absolute Gasteiger partial charge is 0.395 e. The van der Waals surface area contributed by atoms with Gasteiger partial charge in [-0.1, -0.05) is 12.1 Å². The fraction of sp³-hybridized carbons (Fsp3) is 0. The second kappa shape index (κ2) is 6.40. The van der Waals surface area contributed by atoms with Gasteiger partial charge in [0.25, 0.3) is 5.88 Å². The molecule has 2 N–H and O–H groups in total. The summed E-state index contributed by atoms with van der Waals surface area (Å²) < 4.78 is 19.2. The molecule has 0 unspecified atom stereocenters. The zero-order chi connectivity index (χ0) is 18.0. The fourth-order valence-corrected chi connectivity index (χ4v) is 2.12. The molecule has 2 heterocycles. The molecule has 1 aromatic carbocycles. The van der Waals surface area contributed by atoms with Crippen LogP contribution in [0.25, 0.3) is 23.5 Å². The Hall–Kier alpha value is -3.75. The molecule has 3 rings (SSSR count). The Bertz CT molecular complexity index is 1040. The van der Waals surface area contributed by atoms with Gasteiger partial charge >= 0.3 is 11.2 Å². The van der Waals surface area contributed by atoms with Crippen molar-refractivity contribution in [2.75, 3.05) is 0 Å². The largest absolute Gasteiger partial charge is 0.488 e. The number of nitrogens with one attached hydrogen (secondary N) is 1. The fourth-order valence-electron chi connectivity index (χ4n) is 2.12. The summed E-state index contributed by atoms with van der Waals surface area (Å²) in [5, 5.41) is 20.1. The first-order valence-electron chi connectivity index (χ1n) is 6.96. The van der Waals surface area contributed by atoms with Crippen LogP contribution in [0.5, 0.6) is 5.88 Å². The Labute approximate surface area is 139 Å². The number of rotatable bonds is 4. The predicted octanol–water partition coefficient (Wildman–Crippen LogP) is 2.95. The number of aromatic amines is 1. The third-order valence-corrected chi connectivity index (χ3v) is 3.25. The van der Waals surface area contributed by atoms with Crippen LogP contribution < -0.4 is 5.56 Å². The average molecular weight is 343 g/mol. The zero-order valence-electron chi connectivity index (χ0n) is 12.5. The van der Waals surface area contributed by atoms with Crippen molar-refractivity contribution < 1.29 is 18.8 Å². The highest BCUT2D eigenvalue weighted by Gasteiger charge is 2.21. The molecule has 0 bridgehead atoms. The van der Waals surface area contributed by atoms with Gasteiger partial charge in [0.2, 0.25) is 0 Å². The topological polar surface area (TPSA) is 122 Å². The number of benzene rings is 1. The van der Waals surface area contributed by atoms with Gasteiger partial charge in [-0.15, -0.1) is 0 Å². The van der Waals surface area contributed by atoms with Crippen LogP contribution in [0.3, 0.4) is 0 Å². The number of halogens is 1. The lowest BCUT2D eigenvalue weighted by molar-refractivity contribution is -0.387. The minimum atomic E-state index is -1.08. The van der Waals surface area contributed by atoms with E-state index in [9.17, 15) is 24.4 Å². The second-order valence-electron chi connectivity index (χ2n) is 4.90. The summed E-state index contributed by atoms with van der Waals surface area (Å²) in [6.45, 7) is 0. The molecule has 0 fully saturated rings. The normalized spacial score (nSPS) is 11.1. The molecule has 9 heteroatoms. The van der Waals surface area contributed by atoms with E-state index in [1.165, 1.54) is 18.2 Å². The third-order valence-electron chi connectivity index (χ3n) is 3.25. The molecule has 0 saturated heterocycles. The lowest BCUT2D eigenvalue weighted by Gasteiger charge is -1.98. The van der Waals surface area contributed by atoms with Crippen LogP contribution in [-0.2, 0) is 0 Å². The Balaban J connectivity index is 1.88. The molecule has 0 saturated carbocycles. The highest BCUT2D eigenvalue weighted by atomic mass is 19.1. The number of nitrogens with zero attached hydrogens (tertiary/aromatic N) is 2. The molecule has 25 heavy (non-hydrogen) atoms. The number of furan rings is 1. The van der Waals surface area contributed by atoms with E-state index in [4.69, 9.17) is 4.42 Å². The molecular weight excluding hydrogens is 333 g/mol. The van der Waals surface area contributed by atoms with Gasteiger partial charge in [-0.3, -0.25) is 14.9 Å². The summed E-state index contributed by atoms with van der Waals surface area (Å²) in [7, 11) is 0. The van der Waals surface area contributed by atoms with Crippen molar-refractivity contribution in [2.24, 2.45) is 0 Å². The number of hydrogen-bond acceptors (Lipinski definition) is 6. The molecule has 0 amide bonds. The summed E-state index contributed by atoms with van der Waals surface area (Å²) in [6.07, 6.45) is 2.70. The number of nitro groups is 1. The quantitative estimate of drug-likeness (QED) is 0.555. The lowest BCUT2D eigenvalue weighted by Crippen LogP contribution is -2.14. The van der Waals surface area contributed by atoms with E-state index >= 15 is 0 Å². The van der Waals surface area contributed by atoms with Crippen LogP contribution in [0, 0.1) is 15.9 Å². The summed E-state index contributed by atoms with van der Waals surface area (Å²) in [6, 6.07) is 9.25. The number of hydrogen-bond donors (Lipinski definition) is 2. The summed E-state index contributed by atoms with van der Waals surface area (Å²) in [4.78, 5) is 26.8. The van der Waals surface area contributed by atoms with Crippen molar-refractivity contribution in [3.8, 4) is 17.2 Å². The second-order valence-corrected chi connectivity index (χ2v) is 4.90. The maximum Gasteiger partial charge on any atom is 0.395 e. The van der Waals surface area contributed by atoms with E-state index in [2.05, 4.69) is 9.97 Å². The molecule has 0 spiro atoms. The average Bonchev–Trinajstić information content (AvgIpc) is 3.01. The number of aromatic nitrogens is 2. The Morgan fingerprint density at radius 3 is 2.68 bits per heavy atom. The number of aromatic hydroxyl groups is 1. The Morgan fingerprint density at radius 2 is 2.00 bits per heavy atom. The predicted molar refractivity (Wildman–Crippen MR) is 86.2 cm³/mol. The van der Waals surface area contributed by atoms with Crippen molar-refractivity contribution in [1.29, 1.82) is 0 Å². The van der Waals surface area contributed by atoms with Crippen LogP contribution in [0.4, 0.5) is 10.1 Å². The van der Waals surface area contributed by atoms with Gasteiger partial charge in [-0.05, 0) is 36.4 Å². The van der Waals surface area contributed by atoms with Gasteiger partial charge in [-0.25, -0.2) is 4.39 Å². The molecular formula is C16H10FN3O5. The Kier molecular flexibility index (Phi) is 4.12. The van der Waals surface area contributed by atoms with E-state index in [-0.39, 0.29) is 5.82 Å². The maximum atomic E-state index is 13.7. The molecule has 0 radical (unpaired) electrons. The van der Waals surface area contributed by atoms with Crippen LogP contribution in [-0.4, -0.2) is 20.0 Å². The standard InChI is InChI=1S/C16H10FN3O5/c17-11-4-2-1-3-10(11)12-7-5-9(25-12)6-8-13-18-15(21)14(20(23)24)16(22)19-13/h1-8H,(H2,18,19,21,22). The summed E-state index contributed by atoms with van der Waals surface area (Å²) in [5.74, 6) is -0.875. The molecule has 8 nitrogen and oxygen atoms in total. The zero-order valence-corrected chi connectivity index (χ0v) is 12.5. The van der Waals surface area contributed by atoms with Crippen LogP contribution in [0.1, 0.15) is 11.6 Å². The molecule has 0 aliphatic heterocycles. The van der Waals surface area contributed by atoms with Crippen molar-refractivity contribution in [1.82, 2.24) is 9.97 Å². The molecule has 126 valence electrons. The highest BCUT2D eigenvalue weighted by molar-refractivity contribution is 5.67. The van der Waals surface area contributed by atoms with E-state index in [1.807, 2.05) is 0 Å². The monoisotopic (exact) mass is 343 g/mol. The minimum Gasteiger partial charge on any atom is -0.488 e. The first-order chi connectivity index (χ1) is 12.0. The molecule has 2 aromatic heterocycles. The Morgan fingerprint density at radius 1 is 1.24 bits per heavy atom. The van der Waals surface area contributed by atoms with Gasteiger partial charge < -0.3 is 14.5 Å². The van der Waals surface area contributed by atoms with E-state index in [1.54, 1.807) is 30.3 Å². The summed E-state index contributed by atoms with van der Waals surface area (Å²) >= 11 is 0. The van der Waals surface area contributed by atoms with Crippen molar-refractivity contribution in [2.45, 2.75) is 0 Å². The van der Waals surface area contributed by atoms with Gasteiger partial charge in [0.15, 0.2) is 0 Å². The van der Waals surface area contributed by atoms with Gasteiger partial charge in [0.1, 0.15) is 23.2 Å².